The molecule has 36 heavy (non-hydrogen) atoms. The molecule has 2 aliphatic heterocycles. The van der Waals surface area contributed by atoms with Crippen molar-refractivity contribution < 1.29 is 18.7 Å². The van der Waals surface area contributed by atoms with E-state index in [1.54, 1.807) is 17.0 Å². The summed E-state index contributed by atoms with van der Waals surface area (Å²) in [5, 5.41) is 0.494. The van der Waals surface area contributed by atoms with Crippen LogP contribution in [0.1, 0.15) is 54.4 Å². The molecule has 0 spiro atoms. The minimum Gasteiger partial charge on any atom is -0.494 e. The van der Waals surface area contributed by atoms with E-state index >= 15 is 0 Å². The van der Waals surface area contributed by atoms with Gasteiger partial charge in [0.25, 0.3) is 5.91 Å². The number of ether oxygens (including phenoxy) is 2. The molecule has 3 heterocycles. The molecular formula is C29H34N2O5. The molecule has 0 bridgehead atoms. The minimum atomic E-state index is -0.508. The number of para-hydroxylation sites is 1. The van der Waals surface area contributed by atoms with E-state index in [2.05, 4.69) is 18.7 Å². The highest BCUT2D eigenvalue weighted by molar-refractivity contribution is 5.99. The fraction of sp³-hybridized carbons (Fsp3) is 0.448. The van der Waals surface area contributed by atoms with Crippen molar-refractivity contribution in [1.29, 1.82) is 0 Å². The summed E-state index contributed by atoms with van der Waals surface area (Å²) in [7, 11) is 0. The third-order valence-corrected chi connectivity index (χ3v) is 6.99. The Labute approximate surface area is 211 Å². The van der Waals surface area contributed by atoms with E-state index in [1.807, 2.05) is 36.4 Å². The van der Waals surface area contributed by atoms with Crippen LogP contribution >= 0.6 is 0 Å². The Hall–Kier alpha value is -3.16. The van der Waals surface area contributed by atoms with Gasteiger partial charge in [0.05, 0.1) is 36.8 Å². The number of morpholine rings is 1. The van der Waals surface area contributed by atoms with Crippen molar-refractivity contribution in [2.75, 3.05) is 46.0 Å². The summed E-state index contributed by atoms with van der Waals surface area (Å²) in [5.74, 6) is 1.21. The first-order chi connectivity index (χ1) is 17.5. The fourth-order valence-corrected chi connectivity index (χ4v) is 5.02. The maximum atomic E-state index is 13.7. The zero-order valence-corrected chi connectivity index (χ0v) is 21.1. The minimum absolute atomic E-state index is 0.146. The molecule has 7 heteroatoms. The summed E-state index contributed by atoms with van der Waals surface area (Å²) in [4.78, 5) is 31.4. The first-order valence-corrected chi connectivity index (χ1v) is 12.9. The third-order valence-electron chi connectivity index (χ3n) is 6.99. The first kappa shape index (κ1) is 24.5. The molecule has 190 valence electrons. The Balaban J connectivity index is 1.48. The fourth-order valence-electron chi connectivity index (χ4n) is 5.02. The van der Waals surface area contributed by atoms with Crippen LogP contribution in [0.5, 0.6) is 5.75 Å². The molecular weight excluding hydrogens is 456 g/mol. The predicted octanol–water partition coefficient (Wildman–Crippen LogP) is 4.49. The quantitative estimate of drug-likeness (QED) is 0.440. The molecule has 1 fully saturated rings. The molecule has 2 aromatic carbocycles. The van der Waals surface area contributed by atoms with Gasteiger partial charge in [0.1, 0.15) is 11.3 Å². The van der Waals surface area contributed by atoms with Crippen LogP contribution in [0.3, 0.4) is 0 Å². The van der Waals surface area contributed by atoms with Crippen LogP contribution in [0.15, 0.2) is 57.7 Å². The normalized spacial score (nSPS) is 18.2. The molecule has 1 aromatic heterocycles. The number of carbonyl (C=O) groups excluding carboxylic acids is 1. The van der Waals surface area contributed by atoms with E-state index in [0.717, 1.165) is 57.0 Å². The molecule has 5 rings (SSSR count). The lowest BCUT2D eigenvalue weighted by molar-refractivity contribution is 0.0353. The zero-order valence-electron chi connectivity index (χ0n) is 21.1. The van der Waals surface area contributed by atoms with Gasteiger partial charge in [0.2, 0.25) is 5.76 Å². The van der Waals surface area contributed by atoms with Gasteiger partial charge < -0.3 is 18.8 Å². The van der Waals surface area contributed by atoms with Crippen molar-refractivity contribution in [2.24, 2.45) is 5.92 Å². The zero-order chi connectivity index (χ0) is 25.1. The average molecular weight is 491 g/mol. The number of carbonyl (C=O) groups is 1. The SMILES string of the molecule is CC(C)CCOc1cccc([C@H]2c3c(oc4ccccc4c3=O)C(=O)N2CCCN2CCOCC2)c1. The Morgan fingerprint density at radius 3 is 2.64 bits per heavy atom. The van der Waals surface area contributed by atoms with Crippen LogP contribution in [0.4, 0.5) is 0 Å². The summed E-state index contributed by atoms with van der Waals surface area (Å²) in [6.07, 6.45) is 1.76. The molecule has 0 unspecified atom stereocenters. The van der Waals surface area contributed by atoms with Crippen LogP contribution in [-0.4, -0.2) is 61.7 Å². The Kier molecular flexibility index (Phi) is 7.39. The van der Waals surface area contributed by atoms with E-state index in [9.17, 15) is 9.59 Å². The maximum absolute atomic E-state index is 13.7. The second-order valence-electron chi connectivity index (χ2n) is 9.98. The standard InChI is InChI=1S/C29H34N2O5/c1-20(2)11-16-35-22-8-5-7-21(19-22)26-25-27(32)23-9-3-4-10-24(23)36-28(25)29(33)31(26)13-6-12-30-14-17-34-18-15-30/h3-5,7-10,19-20,26H,6,11-18H2,1-2H3/t26-/m0/s1. The number of amides is 1. The summed E-state index contributed by atoms with van der Waals surface area (Å²) < 4.78 is 17.5. The third kappa shape index (κ3) is 5.04. The van der Waals surface area contributed by atoms with Crippen molar-refractivity contribution in [3.8, 4) is 5.75 Å². The number of nitrogens with zero attached hydrogens (tertiary/aromatic N) is 2. The van der Waals surface area contributed by atoms with Crippen molar-refractivity contribution in [3.05, 3.63) is 75.6 Å². The number of rotatable bonds is 9. The van der Waals surface area contributed by atoms with E-state index in [1.165, 1.54) is 0 Å². The molecule has 0 saturated carbocycles. The summed E-state index contributed by atoms with van der Waals surface area (Å²) in [6.45, 7) is 9.64. The molecule has 1 atom stereocenters. The van der Waals surface area contributed by atoms with Gasteiger partial charge in [-0.3, -0.25) is 14.5 Å². The van der Waals surface area contributed by atoms with Gasteiger partial charge in [-0.25, -0.2) is 0 Å². The van der Waals surface area contributed by atoms with Crippen LogP contribution in [-0.2, 0) is 4.74 Å². The topological polar surface area (TPSA) is 72.2 Å². The van der Waals surface area contributed by atoms with Crippen molar-refractivity contribution in [2.45, 2.75) is 32.7 Å². The van der Waals surface area contributed by atoms with Gasteiger partial charge in [0, 0.05) is 26.2 Å². The number of fused-ring (bicyclic) bond motifs is 2. The van der Waals surface area contributed by atoms with E-state index < -0.39 is 6.04 Å². The predicted molar refractivity (Wildman–Crippen MR) is 139 cm³/mol. The molecule has 1 saturated heterocycles. The molecule has 0 N–H and O–H groups in total. The highest BCUT2D eigenvalue weighted by atomic mass is 16.5. The number of hydrogen-bond acceptors (Lipinski definition) is 6. The lowest BCUT2D eigenvalue weighted by atomic mass is 9.98. The van der Waals surface area contributed by atoms with Crippen molar-refractivity contribution in [3.63, 3.8) is 0 Å². The van der Waals surface area contributed by atoms with Gasteiger partial charge in [-0.05, 0) is 48.6 Å². The van der Waals surface area contributed by atoms with Gasteiger partial charge in [0.15, 0.2) is 5.43 Å². The maximum Gasteiger partial charge on any atom is 0.290 e. The second kappa shape index (κ2) is 10.8. The van der Waals surface area contributed by atoms with Crippen LogP contribution in [0.2, 0.25) is 0 Å². The van der Waals surface area contributed by atoms with Crippen LogP contribution in [0.25, 0.3) is 11.0 Å². The van der Waals surface area contributed by atoms with Gasteiger partial charge in [-0.15, -0.1) is 0 Å². The lowest BCUT2D eigenvalue weighted by Crippen LogP contribution is -2.38. The van der Waals surface area contributed by atoms with Crippen LogP contribution < -0.4 is 10.2 Å². The number of hydrogen-bond donors (Lipinski definition) is 0. The largest absolute Gasteiger partial charge is 0.494 e. The molecule has 0 aliphatic carbocycles. The molecule has 3 aromatic rings. The van der Waals surface area contributed by atoms with E-state index in [4.69, 9.17) is 13.9 Å². The summed E-state index contributed by atoms with van der Waals surface area (Å²) in [6, 6.07) is 14.4. The average Bonchev–Trinajstić information content (AvgIpc) is 3.16. The van der Waals surface area contributed by atoms with E-state index in [-0.39, 0.29) is 17.1 Å². The summed E-state index contributed by atoms with van der Waals surface area (Å²) in [5.41, 5.74) is 1.57. The lowest BCUT2D eigenvalue weighted by Gasteiger charge is -2.29. The molecule has 0 radical (unpaired) electrons. The Morgan fingerprint density at radius 2 is 1.83 bits per heavy atom. The second-order valence-corrected chi connectivity index (χ2v) is 9.98. The van der Waals surface area contributed by atoms with Crippen molar-refractivity contribution >= 4 is 16.9 Å². The highest BCUT2D eigenvalue weighted by Crippen LogP contribution is 2.39. The highest BCUT2D eigenvalue weighted by Gasteiger charge is 2.42. The van der Waals surface area contributed by atoms with E-state index in [0.29, 0.717) is 35.6 Å². The molecule has 7 nitrogen and oxygen atoms in total. The monoisotopic (exact) mass is 490 g/mol. The van der Waals surface area contributed by atoms with Crippen molar-refractivity contribution in [1.82, 2.24) is 9.80 Å². The molecule has 1 amide bonds. The van der Waals surface area contributed by atoms with Gasteiger partial charge in [-0.1, -0.05) is 38.1 Å². The first-order valence-electron chi connectivity index (χ1n) is 12.9. The number of benzene rings is 2. The summed E-state index contributed by atoms with van der Waals surface area (Å²) >= 11 is 0. The molecule has 2 aliphatic rings. The Bertz CT molecular complexity index is 1280. The Morgan fingerprint density at radius 1 is 1.03 bits per heavy atom. The van der Waals surface area contributed by atoms with Gasteiger partial charge >= 0.3 is 0 Å². The van der Waals surface area contributed by atoms with Gasteiger partial charge in [-0.2, -0.15) is 0 Å². The smallest absolute Gasteiger partial charge is 0.290 e. The van der Waals surface area contributed by atoms with Crippen LogP contribution in [0, 0.1) is 5.92 Å².